The fourth-order valence-corrected chi connectivity index (χ4v) is 2.66. The van der Waals surface area contributed by atoms with E-state index in [2.05, 4.69) is 20.8 Å². The van der Waals surface area contributed by atoms with Gasteiger partial charge in [-0.25, -0.2) is 9.18 Å². The molecule has 0 aliphatic heterocycles. The van der Waals surface area contributed by atoms with Crippen LogP contribution in [0, 0.1) is 12.7 Å². The van der Waals surface area contributed by atoms with Gasteiger partial charge in [-0.2, -0.15) is 16.4 Å². The highest BCUT2D eigenvalue weighted by Gasteiger charge is 2.15. The van der Waals surface area contributed by atoms with Crippen molar-refractivity contribution in [3.63, 3.8) is 0 Å². The van der Waals surface area contributed by atoms with Crippen LogP contribution in [0.2, 0.25) is 0 Å². The van der Waals surface area contributed by atoms with Gasteiger partial charge in [-0.3, -0.25) is 5.10 Å². The van der Waals surface area contributed by atoms with Crippen molar-refractivity contribution in [1.29, 1.82) is 0 Å². The summed E-state index contributed by atoms with van der Waals surface area (Å²) in [6.45, 7) is 1.81. The van der Waals surface area contributed by atoms with E-state index in [1.807, 2.05) is 23.8 Å². The number of amides is 2. The Kier molecular flexibility index (Phi) is 3.88. The summed E-state index contributed by atoms with van der Waals surface area (Å²) in [6, 6.07) is 7.39. The maximum absolute atomic E-state index is 13.6. The van der Waals surface area contributed by atoms with Crippen LogP contribution in [0.4, 0.5) is 20.6 Å². The highest BCUT2D eigenvalue weighted by Crippen LogP contribution is 2.30. The molecule has 0 fully saturated rings. The number of benzene rings is 1. The third-order valence-electron chi connectivity index (χ3n) is 3.10. The molecule has 1 aromatic carbocycles. The summed E-state index contributed by atoms with van der Waals surface area (Å²) in [5.74, 6) is -0.486. The lowest BCUT2D eigenvalue weighted by Gasteiger charge is -2.09. The minimum absolute atomic E-state index is 0.123. The molecular formula is C15H13FN4OS. The Labute approximate surface area is 130 Å². The monoisotopic (exact) mass is 316 g/mol. The SMILES string of the molecule is Cc1[nH]nc(-c2ccsc2)c1NC(=O)Nc1ccccc1F. The summed E-state index contributed by atoms with van der Waals surface area (Å²) < 4.78 is 13.6. The number of para-hydroxylation sites is 1. The summed E-state index contributed by atoms with van der Waals surface area (Å²) >= 11 is 1.54. The number of thiophene rings is 1. The second-order valence-corrected chi connectivity index (χ2v) is 5.42. The molecule has 0 radical (unpaired) electrons. The van der Waals surface area contributed by atoms with Gasteiger partial charge in [0, 0.05) is 10.9 Å². The van der Waals surface area contributed by atoms with Crippen LogP contribution in [-0.2, 0) is 0 Å². The van der Waals surface area contributed by atoms with Crippen LogP contribution in [0.3, 0.4) is 0 Å². The van der Waals surface area contributed by atoms with Gasteiger partial charge in [-0.1, -0.05) is 12.1 Å². The summed E-state index contributed by atoms with van der Waals surface area (Å²) in [5.41, 5.74) is 2.99. The normalized spacial score (nSPS) is 10.5. The van der Waals surface area contributed by atoms with Gasteiger partial charge in [0.2, 0.25) is 0 Å². The first-order chi connectivity index (χ1) is 10.6. The first-order valence-corrected chi connectivity index (χ1v) is 7.49. The van der Waals surface area contributed by atoms with Crippen LogP contribution in [0.25, 0.3) is 11.3 Å². The summed E-state index contributed by atoms with van der Waals surface area (Å²) in [4.78, 5) is 12.1. The zero-order chi connectivity index (χ0) is 15.5. The lowest BCUT2D eigenvalue weighted by molar-refractivity contribution is 0.262. The number of hydrogen-bond donors (Lipinski definition) is 3. The van der Waals surface area contributed by atoms with E-state index < -0.39 is 11.8 Å². The maximum atomic E-state index is 13.6. The number of nitrogens with zero attached hydrogens (tertiary/aromatic N) is 1. The average Bonchev–Trinajstić information content (AvgIpc) is 3.12. The van der Waals surface area contributed by atoms with E-state index >= 15 is 0 Å². The Bertz CT molecular complexity index is 798. The van der Waals surface area contributed by atoms with Crippen LogP contribution in [0.1, 0.15) is 5.69 Å². The molecule has 7 heteroatoms. The number of hydrogen-bond acceptors (Lipinski definition) is 3. The van der Waals surface area contributed by atoms with Crippen LogP contribution in [0.5, 0.6) is 0 Å². The number of urea groups is 1. The number of aromatic amines is 1. The molecule has 22 heavy (non-hydrogen) atoms. The Morgan fingerprint density at radius 2 is 2.09 bits per heavy atom. The number of nitrogens with one attached hydrogen (secondary N) is 3. The number of anilines is 2. The zero-order valence-electron chi connectivity index (χ0n) is 11.7. The molecule has 3 N–H and O–H groups in total. The molecule has 112 valence electrons. The van der Waals surface area contributed by atoms with E-state index in [-0.39, 0.29) is 5.69 Å². The maximum Gasteiger partial charge on any atom is 0.323 e. The highest BCUT2D eigenvalue weighted by molar-refractivity contribution is 7.08. The number of carbonyl (C=O) groups is 1. The molecule has 2 aromatic heterocycles. The standard InChI is InChI=1S/C15H13FN4OS/c1-9-13(14(20-19-9)10-6-7-22-8-10)18-15(21)17-12-5-3-2-4-11(12)16/h2-8H,1H3,(H,19,20)(H2,17,18,21). The summed E-state index contributed by atoms with van der Waals surface area (Å²) in [7, 11) is 0. The van der Waals surface area contributed by atoms with Crippen molar-refractivity contribution in [3.05, 3.63) is 52.6 Å². The van der Waals surface area contributed by atoms with E-state index in [4.69, 9.17) is 0 Å². The van der Waals surface area contributed by atoms with Gasteiger partial charge in [0.05, 0.1) is 17.1 Å². The minimum Gasteiger partial charge on any atom is -0.305 e. The van der Waals surface area contributed by atoms with Crippen molar-refractivity contribution in [1.82, 2.24) is 10.2 Å². The van der Waals surface area contributed by atoms with Crippen LogP contribution in [-0.4, -0.2) is 16.2 Å². The van der Waals surface area contributed by atoms with Crippen LogP contribution in [0.15, 0.2) is 41.1 Å². The first kappa shape index (κ1) is 14.3. The highest BCUT2D eigenvalue weighted by atomic mass is 32.1. The Morgan fingerprint density at radius 1 is 1.27 bits per heavy atom. The number of carbonyl (C=O) groups excluding carboxylic acids is 1. The van der Waals surface area contributed by atoms with E-state index in [0.29, 0.717) is 11.4 Å². The van der Waals surface area contributed by atoms with Crippen LogP contribution >= 0.6 is 11.3 Å². The van der Waals surface area contributed by atoms with Gasteiger partial charge in [-0.15, -0.1) is 0 Å². The number of rotatable bonds is 3. The van der Waals surface area contributed by atoms with E-state index in [9.17, 15) is 9.18 Å². The van der Waals surface area contributed by atoms with Crippen molar-refractivity contribution in [2.75, 3.05) is 10.6 Å². The average molecular weight is 316 g/mol. The fraction of sp³-hybridized carbons (Fsp3) is 0.0667. The first-order valence-electron chi connectivity index (χ1n) is 6.55. The molecule has 0 saturated carbocycles. The number of aryl methyl sites for hydroxylation is 1. The van der Waals surface area contributed by atoms with Crippen molar-refractivity contribution in [3.8, 4) is 11.3 Å². The van der Waals surface area contributed by atoms with Gasteiger partial charge in [0.25, 0.3) is 0 Å². The van der Waals surface area contributed by atoms with Crippen molar-refractivity contribution in [2.24, 2.45) is 0 Å². The molecule has 0 saturated heterocycles. The molecule has 0 aliphatic carbocycles. The molecule has 3 rings (SSSR count). The number of aromatic nitrogens is 2. The van der Waals surface area contributed by atoms with Crippen molar-refractivity contribution >= 4 is 28.7 Å². The minimum atomic E-state index is -0.522. The Balaban J connectivity index is 1.80. The van der Waals surface area contributed by atoms with E-state index in [1.54, 1.807) is 23.5 Å². The Hall–Kier alpha value is -2.67. The van der Waals surface area contributed by atoms with Crippen molar-refractivity contribution in [2.45, 2.75) is 6.92 Å². The van der Waals surface area contributed by atoms with Crippen LogP contribution < -0.4 is 10.6 Å². The molecule has 0 atom stereocenters. The second kappa shape index (κ2) is 5.98. The quantitative estimate of drug-likeness (QED) is 0.677. The predicted octanol–water partition coefficient (Wildman–Crippen LogP) is 4.23. The molecule has 2 amide bonds. The fourth-order valence-electron chi connectivity index (χ4n) is 2.02. The van der Waals surface area contributed by atoms with Gasteiger partial charge in [0.15, 0.2) is 0 Å². The molecule has 0 aliphatic rings. The second-order valence-electron chi connectivity index (χ2n) is 4.64. The molecular weight excluding hydrogens is 303 g/mol. The smallest absolute Gasteiger partial charge is 0.305 e. The predicted molar refractivity (Wildman–Crippen MR) is 85.7 cm³/mol. The molecule has 5 nitrogen and oxygen atoms in total. The molecule has 0 bridgehead atoms. The zero-order valence-corrected chi connectivity index (χ0v) is 12.5. The van der Waals surface area contributed by atoms with E-state index in [0.717, 1.165) is 11.3 Å². The van der Waals surface area contributed by atoms with Gasteiger partial charge < -0.3 is 10.6 Å². The lowest BCUT2D eigenvalue weighted by atomic mass is 10.2. The molecule has 0 spiro atoms. The third kappa shape index (κ3) is 2.84. The topological polar surface area (TPSA) is 69.8 Å². The molecule has 2 heterocycles. The lowest BCUT2D eigenvalue weighted by Crippen LogP contribution is -2.20. The van der Waals surface area contributed by atoms with Gasteiger partial charge in [-0.05, 0) is 30.5 Å². The van der Waals surface area contributed by atoms with Gasteiger partial charge in [0.1, 0.15) is 11.5 Å². The van der Waals surface area contributed by atoms with Gasteiger partial charge >= 0.3 is 6.03 Å². The summed E-state index contributed by atoms with van der Waals surface area (Å²) in [6.07, 6.45) is 0. The molecule has 3 aromatic rings. The third-order valence-corrected chi connectivity index (χ3v) is 3.79. The number of halogens is 1. The Morgan fingerprint density at radius 3 is 2.82 bits per heavy atom. The summed E-state index contributed by atoms with van der Waals surface area (Å²) in [5, 5.41) is 16.1. The largest absolute Gasteiger partial charge is 0.323 e. The number of H-pyrrole nitrogens is 1. The molecule has 0 unspecified atom stereocenters. The van der Waals surface area contributed by atoms with E-state index in [1.165, 1.54) is 12.1 Å². The van der Waals surface area contributed by atoms with Crippen molar-refractivity contribution < 1.29 is 9.18 Å².